The van der Waals surface area contributed by atoms with Crippen molar-refractivity contribution in [3.05, 3.63) is 40.6 Å². The molecule has 0 spiro atoms. The summed E-state index contributed by atoms with van der Waals surface area (Å²) in [6.45, 7) is 2.78. The summed E-state index contributed by atoms with van der Waals surface area (Å²) in [5, 5.41) is 7.23. The van der Waals surface area contributed by atoms with Crippen LogP contribution >= 0.6 is 23.2 Å². The van der Waals surface area contributed by atoms with Crippen molar-refractivity contribution in [3.63, 3.8) is 0 Å². The molecule has 0 bridgehead atoms. The Morgan fingerprint density at radius 3 is 2.44 bits per heavy atom. The summed E-state index contributed by atoms with van der Waals surface area (Å²) in [7, 11) is 0. The molecule has 0 saturated heterocycles. The fourth-order valence-electron chi connectivity index (χ4n) is 1.44. The number of nitrogens with one attached hydrogen (secondary N) is 2. The normalized spacial score (nSPS) is 10.2. The van der Waals surface area contributed by atoms with Crippen LogP contribution in [0.3, 0.4) is 0 Å². The first-order chi connectivity index (χ1) is 8.70. The van der Waals surface area contributed by atoms with Crippen molar-refractivity contribution >= 4 is 40.5 Å². The van der Waals surface area contributed by atoms with Crippen molar-refractivity contribution in [1.82, 2.24) is 9.97 Å². The van der Waals surface area contributed by atoms with Crippen LogP contribution in [0.25, 0.3) is 0 Å². The van der Waals surface area contributed by atoms with E-state index in [1.807, 2.05) is 6.92 Å². The van der Waals surface area contributed by atoms with Gasteiger partial charge in [-0.25, -0.2) is 4.98 Å². The van der Waals surface area contributed by atoms with E-state index in [0.717, 1.165) is 6.54 Å². The molecule has 0 saturated carbocycles. The highest BCUT2D eigenvalue weighted by Crippen LogP contribution is 2.31. The first-order valence-electron chi connectivity index (χ1n) is 5.47. The Hall–Kier alpha value is -1.52. The average molecular weight is 283 g/mol. The molecule has 1 heterocycles. The summed E-state index contributed by atoms with van der Waals surface area (Å²) < 4.78 is 0. The zero-order valence-electron chi connectivity index (χ0n) is 9.74. The molecule has 0 radical (unpaired) electrons. The van der Waals surface area contributed by atoms with E-state index < -0.39 is 0 Å². The monoisotopic (exact) mass is 282 g/mol. The third kappa shape index (κ3) is 3.03. The van der Waals surface area contributed by atoms with Crippen molar-refractivity contribution in [2.75, 3.05) is 17.2 Å². The van der Waals surface area contributed by atoms with Crippen molar-refractivity contribution < 1.29 is 0 Å². The van der Waals surface area contributed by atoms with Gasteiger partial charge in [-0.2, -0.15) is 0 Å². The Bertz CT molecular complexity index is 525. The largest absolute Gasteiger partial charge is 0.369 e. The number of aromatic nitrogens is 2. The van der Waals surface area contributed by atoms with E-state index in [0.29, 0.717) is 27.4 Å². The Kier molecular flexibility index (Phi) is 4.23. The fourth-order valence-corrected chi connectivity index (χ4v) is 1.93. The highest BCUT2D eigenvalue weighted by molar-refractivity contribution is 6.39. The lowest BCUT2D eigenvalue weighted by Gasteiger charge is -2.10. The molecule has 0 fully saturated rings. The van der Waals surface area contributed by atoms with Crippen LogP contribution in [-0.4, -0.2) is 16.5 Å². The lowest BCUT2D eigenvalue weighted by Crippen LogP contribution is -2.02. The van der Waals surface area contributed by atoms with Crippen LogP contribution in [-0.2, 0) is 0 Å². The van der Waals surface area contributed by atoms with Gasteiger partial charge >= 0.3 is 0 Å². The van der Waals surface area contributed by atoms with Crippen LogP contribution in [0, 0.1) is 0 Å². The van der Waals surface area contributed by atoms with Gasteiger partial charge in [-0.15, -0.1) is 0 Å². The molecule has 18 heavy (non-hydrogen) atoms. The van der Waals surface area contributed by atoms with Gasteiger partial charge in [0.25, 0.3) is 0 Å². The summed E-state index contributed by atoms with van der Waals surface area (Å²) in [5.74, 6) is 1.29. The summed E-state index contributed by atoms with van der Waals surface area (Å²) in [6.07, 6.45) is 3.27. The van der Waals surface area contributed by atoms with Crippen molar-refractivity contribution in [3.8, 4) is 0 Å². The molecule has 2 N–H and O–H groups in total. The zero-order valence-corrected chi connectivity index (χ0v) is 11.3. The number of halogens is 2. The van der Waals surface area contributed by atoms with Gasteiger partial charge < -0.3 is 10.6 Å². The number of rotatable bonds is 4. The van der Waals surface area contributed by atoms with Crippen molar-refractivity contribution in [1.29, 1.82) is 0 Å². The molecule has 0 aliphatic heterocycles. The van der Waals surface area contributed by atoms with E-state index in [2.05, 4.69) is 20.6 Å². The number of benzene rings is 1. The van der Waals surface area contributed by atoms with Gasteiger partial charge in [0, 0.05) is 6.54 Å². The lowest BCUT2D eigenvalue weighted by molar-refractivity contribution is 1.12. The fraction of sp³-hybridized carbons (Fsp3) is 0.167. The summed E-state index contributed by atoms with van der Waals surface area (Å²) >= 11 is 12.1. The molecule has 2 aromatic rings. The molecule has 0 unspecified atom stereocenters. The van der Waals surface area contributed by atoms with Crippen LogP contribution in [0.15, 0.2) is 30.6 Å². The molecule has 0 aliphatic carbocycles. The van der Waals surface area contributed by atoms with E-state index in [1.54, 1.807) is 30.6 Å². The van der Waals surface area contributed by atoms with E-state index in [4.69, 9.17) is 23.2 Å². The molecular weight excluding hydrogens is 271 g/mol. The minimum Gasteiger partial charge on any atom is -0.369 e. The van der Waals surface area contributed by atoms with Crippen LogP contribution in [0.2, 0.25) is 10.0 Å². The zero-order chi connectivity index (χ0) is 13.0. The van der Waals surface area contributed by atoms with E-state index >= 15 is 0 Å². The van der Waals surface area contributed by atoms with E-state index in [9.17, 15) is 0 Å². The minimum absolute atomic E-state index is 0.540. The van der Waals surface area contributed by atoms with Gasteiger partial charge in [-0.05, 0) is 19.1 Å². The standard InChI is InChI=1S/C12H12Cl2N4/c1-2-16-10-6-15-7-11(17-10)18-12-8(13)4-3-5-9(12)14/h3-7H,2H2,1H3,(H2,16,17,18). The predicted octanol–water partition coefficient (Wildman–Crippen LogP) is 3.96. The number of para-hydroxylation sites is 1. The second-order valence-electron chi connectivity index (χ2n) is 3.54. The molecule has 1 aromatic carbocycles. The molecule has 0 atom stereocenters. The molecule has 1 aromatic heterocycles. The van der Waals surface area contributed by atoms with Gasteiger partial charge in [-0.1, -0.05) is 29.3 Å². The van der Waals surface area contributed by atoms with Crippen molar-refractivity contribution in [2.45, 2.75) is 6.92 Å². The van der Waals surface area contributed by atoms with E-state index in [-0.39, 0.29) is 0 Å². The Morgan fingerprint density at radius 1 is 1.11 bits per heavy atom. The van der Waals surface area contributed by atoms with Crippen LogP contribution in [0.4, 0.5) is 17.3 Å². The smallest absolute Gasteiger partial charge is 0.151 e. The van der Waals surface area contributed by atoms with Gasteiger partial charge in [0.15, 0.2) is 5.82 Å². The van der Waals surface area contributed by atoms with Gasteiger partial charge in [0.2, 0.25) is 0 Å². The van der Waals surface area contributed by atoms with Crippen LogP contribution in [0.5, 0.6) is 0 Å². The molecule has 4 nitrogen and oxygen atoms in total. The topological polar surface area (TPSA) is 49.8 Å². The molecule has 0 aliphatic rings. The SMILES string of the molecule is CCNc1cncc(Nc2c(Cl)cccc2Cl)n1. The number of hydrogen-bond acceptors (Lipinski definition) is 4. The number of nitrogens with zero attached hydrogens (tertiary/aromatic N) is 2. The molecule has 2 rings (SSSR count). The Morgan fingerprint density at radius 2 is 1.78 bits per heavy atom. The average Bonchev–Trinajstić information content (AvgIpc) is 2.35. The third-order valence-corrected chi connectivity index (χ3v) is 2.84. The minimum atomic E-state index is 0.540. The quantitative estimate of drug-likeness (QED) is 0.891. The van der Waals surface area contributed by atoms with E-state index in [1.165, 1.54) is 0 Å². The maximum Gasteiger partial charge on any atom is 0.151 e. The number of hydrogen-bond donors (Lipinski definition) is 2. The van der Waals surface area contributed by atoms with Crippen LogP contribution in [0.1, 0.15) is 6.92 Å². The Labute approximate surface area is 115 Å². The van der Waals surface area contributed by atoms with Gasteiger partial charge in [0.1, 0.15) is 5.82 Å². The first kappa shape index (κ1) is 12.9. The summed E-state index contributed by atoms with van der Waals surface area (Å²) in [6, 6.07) is 5.31. The molecule has 0 amide bonds. The second-order valence-corrected chi connectivity index (χ2v) is 4.36. The summed E-state index contributed by atoms with van der Waals surface area (Å²) in [5.41, 5.74) is 0.629. The molecule has 6 heteroatoms. The molecular formula is C12H12Cl2N4. The third-order valence-electron chi connectivity index (χ3n) is 2.21. The first-order valence-corrected chi connectivity index (χ1v) is 6.23. The highest BCUT2D eigenvalue weighted by Gasteiger charge is 2.06. The maximum atomic E-state index is 6.07. The summed E-state index contributed by atoms with van der Waals surface area (Å²) in [4.78, 5) is 8.42. The maximum absolute atomic E-state index is 6.07. The Balaban J connectivity index is 2.26. The van der Waals surface area contributed by atoms with Gasteiger partial charge in [0.05, 0.1) is 28.1 Å². The van der Waals surface area contributed by atoms with Crippen LogP contribution < -0.4 is 10.6 Å². The second kappa shape index (κ2) is 5.89. The van der Waals surface area contributed by atoms with Crippen molar-refractivity contribution in [2.24, 2.45) is 0 Å². The highest BCUT2D eigenvalue weighted by atomic mass is 35.5. The molecule has 94 valence electrons. The predicted molar refractivity (Wildman–Crippen MR) is 75.9 cm³/mol. The number of anilines is 3. The lowest BCUT2D eigenvalue weighted by atomic mass is 10.3. The van der Waals surface area contributed by atoms with Gasteiger partial charge in [-0.3, -0.25) is 4.98 Å².